The van der Waals surface area contributed by atoms with Gasteiger partial charge in [-0.2, -0.15) is 0 Å². The maximum atomic E-state index is 13.7. The molecule has 8 nitrogen and oxygen atoms in total. The summed E-state index contributed by atoms with van der Waals surface area (Å²) in [5, 5.41) is 15.6. The van der Waals surface area contributed by atoms with Crippen molar-refractivity contribution in [1.82, 2.24) is 24.7 Å². The van der Waals surface area contributed by atoms with Crippen LogP contribution in [-0.2, 0) is 0 Å². The minimum Gasteiger partial charge on any atom is -0.463 e. The zero-order chi connectivity index (χ0) is 22.2. The quantitative estimate of drug-likeness (QED) is 0.518. The molecule has 3 N–H and O–H groups in total. The number of para-hydroxylation sites is 1. The third kappa shape index (κ3) is 6.14. The summed E-state index contributed by atoms with van der Waals surface area (Å²) >= 11 is 1.25. The van der Waals surface area contributed by atoms with Gasteiger partial charge in [0.05, 0.1) is 12.3 Å². The lowest BCUT2D eigenvalue weighted by Crippen LogP contribution is -2.28. The molecule has 0 radical (unpaired) electrons. The largest absolute Gasteiger partial charge is 0.463 e. The Kier molecular flexibility index (Phi) is 8.19. The van der Waals surface area contributed by atoms with E-state index in [-0.39, 0.29) is 11.9 Å². The van der Waals surface area contributed by atoms with Crippen LogP contribution in [0.5, 0.6) is 6.01 Å². The Bertz CT molecular complexity index is 945. The highest BCUT2D eigenvalue weighted by molar-refractivity contribution is 7.96. The number of nitrogens with two attached hydrogens (primary N) is 1. The van der Waals surface area contributed by atoms with Crippen LogP contribution in [0.4, 0.5) is 16.0 Å². The van der Waals surface area contributed by atoms with Crippen LogP contribution in [0.2, 0.25) is 0 Å². The number of halogens is 1. The molecule has 3 aromatic rings. The first-order valence-corrected chi connectivity index (χ1v) is 11.4. The number of hydrogen-bond donors (Lipinski definition) is 2. The zero-order valence-electron chi connectivity index (χ0n) is 17.9. The number of benzene rings is 1. The van der Waals surface area contributed by atoms with Crippen molar-refractivity contribution in [2.45, 2.75) is 38.6 Å². The van der Waals surface area contributed by atoms with Crippen molar-refractivity contribution in [3.8, 4) is 6.01 Å². The molecule has 4 rings (SSSR count). The molecule has 0 saturated heterocycles. The summed E-state index contributed by atoms with van der Waals surface area (Å²) in [7, 11) is 0. The Morgan fingerprint density at radius 1 is 1.26 bits per heavy atom. The summed E-state index contributed by atoms with van der Waals surface area (Å²) in [5.41, 5.74) is 1.46. The molecular weight excluding hydrogens is 417 g/mol. The van der Waals surface area contributed by atoms with E-state index in [1.807, 2.05) is 23.2 Å². The highest BCUT2D eigenvalue weighted by Gasteiger charge is 2.31. The molecule has 0 atom stereocenters. The Morgan fingerprint density at radius 3 is 2.58 bits per heavy atom. The van der Waals surface area contributed by atoms with Crippen molar-refractivity contribution >= 4 is 23.6 Å². The topological polar surface area (TPSA) is 104 Å². The Labute approximate surface area is 186 Å². The summed E-state index contributed by atoms with van der Waals surface area (Å²) in [6.45, 7) is 4.77. The van der Waals surface area contributed by atoms with Crippen molar-refractivity contribution in [2.75, 3.05) is 18.2 Å². The van der Waals surface area contributed by atoms with E-state index >= 15 is 0 Å². The minimum absolute atomic E-state index is 0.271. The van der Waals surface area contributed by atoms with Gasteiger partial charge in [0.15, 0.2) is 0 Å². The zero-order valence-corrected chi connectivity index (χ0v) is 18.7. The third-order valence-corrected chi connectivity index (χ3v) is 5.04. The van der Waals surface area contributed by atoms with Gasteiger partial charge in [-0.15, -0.1) is 5.10 Å². The first kappa shape index (κ1) is 23.0. The van der Waals surface area contributed by atoms with Gasteiger partial charge in [-0.3, -0.25) is 9.71 Å². The van der Waals surface area contributed by atoms with Gasteiger partial charge < -0.3 is 10.1 Å². The summed E-state index contributed by atoms with van der Waals surface area (Å²) in [5.74, 6) is 0.976. The Hall–Kier alpha value is -2.72. The molecule has 1 aliphatic carbocycles. The second kappa shape index (κ2) is 11.1. The molecule has 0 spiro atoms. The molecule has 10 heteroatoms. The third-order valence-electron chi connectivity index (χ3n) is 5.04. The van der Waals surface area contributed by atoms with E-state index < -0.39 is 0 Å². The number of rotatable bonds is 7. The first-order chi connectivity index (χ1) is 15.0. The second-order valence-corrected chi connectivity index (χ2v) is 8.11. The van der Waals surface area contributed by atoms with E-state index in [0.29, 0.717) is 36.1 Å². The van der Waals surface area contributed by atoms with Gasteiger partial charge in [0.1, 0.15) is 12.1 Å². The fourth-order valence-corrected chi connectivity index (χ4v) is 3.32. The van der Waals surface area contributed by atoms with Gasteiger partial charge >= 0.3 is 6.01 Å². The normalized spacial score (nSPS) is 17.5. The molecule has 0 unspecified atom stereocenters. The molecular formula is C21H28FN7OS. The first-order valence-electron chi connectivity index (χ1n) is 10.1. The smallest absolute Gasteiger partial charge is 0.316 e. The molecule has 1 aliphatic rings. The number of nitrogens with zero attached hydrogens (tertiary/aromatic N) is 5. The number of hydrogen-bond acceptors (Lipinski definition) is 8. The fraction of sp³-hybridized carbons (Fsp3) is 0.429. The van der Waals surface area contributed by atoms with E-state index in [9.17, 15) is 4.39 Å². The van der Waals surface area contributed by atoms with E-state index in [0.717, 1.165) is 18.4 Å². The monoisotopic (exact) mass is 445 g/mol. The van der Waals surface area contributed by atoms with Gasteiger partial charge in [0, 0.05) is 18.4 Å². The lowest BCUT2D eigenvalue weighted by molar-refractivity contribution is 0.143. The predicted octanol–water partition coefficient (Wildman–Crippen LogP) is 4.33. The van der Waals surface area contributed by atoms with Gasteiger partial charge in [-0.1, -0.05) is 29.2 Å². The molecule has 1 aromatic carbocycles. The Balaban J connectivity index is 0.000000858. The fourth-order valence-electron chi connectivity index (χ4n) is 3.32. The highest BCUT2D eigenvalue weighted by atomic mass is 32.2. The van der Waals surface area contributed by atoms with Crippen molar-refractivity contribution in [2.24, 2.45) is 11.1 Å². The molecule has 0 bridgehead atoms. The van der Waals surface area contributed by atoms with Crippen molar-refractivity contribution in [1.29, 1.82) is 0 Å². The van der Waals surface area contributed by atoms with Gasteiger partial charge in [-0.25, -0.2) is 14.4 Å². The molecule has 166 valence electrons. The van der Waals surface area contributed by atoms with Gasteiger partial charge in [0.2, 0.25) is 5.95 Å². The summed E-state index contributed by atoms with van der Waals surface area (Å²) in [4.78, 5) is 8.64. The van der Waals surface area contributed by atoms with Gasteiger partial charge in [-0.05, 0) is 62.5 Å². The van der Waals surface area contributed by atoms with Crippen molar-refractivity contribution < 1.29 is 9.13 Å². The van der Waals surface area contributed by atoms with E-state index in [1.165, 1.54) is 18.0 Å². The number of anilines is 2. The average Bonchev–Trinajstić information content (AvgIpc) is 3.19. The standard InChI is InChI=1S/C20H23FN6O.CH5NS/c1-13(2)27-12-24-26-20(27)28-11-14-7-15(8-14)16-9-22-19(23-10-16)25-18-6-4-3-5-17(18)21;1-3-2/h3-6,9-10,12-15H,7-8,11H2,1-2H3,(H,22,23,25);2H2,1H3. The second-order valence-electron chi connectivity index (χ2n) is 7.64. The molecule has 0 aliphatic heterocycles. The molecule has 1 fully saturated rings. The molecule has 1 saturated carbocycles. The van der Waals surface area contributed by atoms with Gasteiger partial charge in [0.25, 0.3) is 0 Å². The van der Waals surface area contributed by atoms with Crippen LogP contribution in [0.1, 0.15) is 44.2 Å². The summed E-state index contributed by atoms with van der Waals surface area (Å²) in [6, 6.07) is 7.31. The summed E-state index contributed by atoms with van der Waals surface area (Å²) in [6.07, 6.45) is 9.19. The van der Waals surface area contributed by atoms with Crippen molar-refractivity contribution in [3.63, 3.8) is 0 Å². The molecule has 2 heterocycles. The van der Waals surface area contributed by atoms with E-state index in [2.05, 4.69) is 39.3 Å². The molecule has 2 aromatic heterocycles. The maximum Gasteiger partial charge on any atom is 0.316 e. The van der Waals surface area contributed by atoms with Crippen LogP contribution in [-0.4, -0.2) is 37.6 Å². The van der Waals surface area contributed by atoms with Crippen LogP contribution >= 0.6 is 11.9 Å². The van der Waals surface area contributed by atoms with E-state index in [1.54, 1.807) is 24.5 Å². The lowest BCUT2D eigenvalue weighted by atomic mass is 9.72. The average molecular weight is 446 g/mol. The van der Waals surface area contributed by atoms with Crippen LogP contribution < -0.4 is 15.2 Å². The van der Waals surface area contributed by atoms with Crippen LogP contribution in [0.3, 0.4) is 0 Å². The number of aromatic nitrogens is 5. The van der Waals surface area contributed by atoms with Crippen molar-refractivity contribution in [3.05, 3.63) is 54.4 Å². The molecule has 0 amide bonds. The number of ether oxygens (including phenoxy) is 1. The summed E-state index contributed by atoms with van der Waals surface area (Å²) < 4.78 is 21.5. The van der Waals surface area contributed by atoms with Crippen LogP contribution in [0.25, 0.3) is 0 Å². The minimum atomic E-state index is -0.328. The number of nitrogens with one attached hydrogen (secondary N) is 1. The van der Waals surface area contributed by atoms with Crippen LogP contribution in [0, 0.1) is 11.7 Å². The maximum absolute atomic E-state index is 13.7. The van der Waals surface area contributed by atoms with Crippen LogP contribution in [0.15, 0.2) is 43.0 Å². The Morgan fingerprint density at radius 2 is 1.94 bits per heavy atom. The predicted molar refractivity (Wildman–Crippen MR) is 121 cm³/mol. The highest BCUT2D eigenvalue weighted by Crippen LogP contribution is 2.41. The molecule has 31 heavy (non-hydrogen) atoms. The van der Waals surface area contributed by atoms with E-state index in [4.69, 9.17) is 9.88 Å². The SMILES string of the molecule is CC(C)n1cnnc1OCC1CC(c2cnc(Nc3ccccc3F)nc2)C1.CSN. The lowest BCUT2D eigenvalue weighted by Gasteiger charge is -2.34.